The largest absolute Gasteiger partial charge is 0.444 e. The predicted octanol–water partition coefficient (Wildman–Crippen LogP) is 2.98. The molecule has 152 valence electrons. The number of carbonyl (C=O) groups is 1. The molecule has 1 aromatic rings. The molecule has 1 amide bonds. The fraction of sp³-hybridized carbons (Fsp3) is 0.818. The average molecular weight is 386 g/mol. The zero-order valence-electron chi connectivity index (χ0n) is 16.6. The highest BCUT2D eigenvalue weighted by Crippen LogP contribution is 2.70. The van der Waals surface area contributed by atoms with E-state index in [0.29, 0.717) is 17.8 Å². The quantitative estimate of drug-likeness (QED) is 0.782. The number of hydrogen-bond donors (Lipinski definition) is 1. The Morgan fingerprint density at radius 2 is 2.14 bits per heavy atom. The van der Waals surface area contributed by atoms with E-state index >= 15 is 0 Å². The summed E-state index contributed by atoms with van der Waals surface area (Å²) in [7, 11) is 0. The van der Waals surface area contributed by atoms with Gasteiger partial charge in [0.2, 0.25) is 5.91 Å². The molecule has 0 radical (unpaired) electrons. The minimum absolute atomic E-state index is 0.0221. The normalized spacial score (nSPS) is 32.3. The van der Waals surface area contributed by atoms with Gasteiger partial charge in [-0.05, 0) is 62.7 Å². The highest BCUT2D eigenvalue weighted by molar-refractivity contribution is 5.76. The number of oxazole rings is 1. The number of nitrogens with one attached hydrogen (secondary N) is 1. The van der Waals surface area contributed by atoms with Crippen molar-refractivity contribution in [1.82, 2.24) is 15.2 Å². The summed E-state index contributed by atoms with van der Waals surface area (Å²) in [6, 6.07) is 0. The Morgan fingerprint density at radius 3 is 2.82 bits per heavy atom. The van der Waals surface area contributed by atoms with Crippen LogP contribution in [0.5, 0.6) is 0 Å². The van der Waals surface area contributed by atoms with Crippen LogP contribution in [0.1, 0.15) is 75.4 Å². The lowest BCUT2D eigenvalue weighted by Crippen LogP contribution is -2.62. The third-order valence-corrected chi connectivity index (χ3v) is 8.02. The molecule has 1 aliphatic heterocycles. The Labute approximate surface area is 166 Å². The molecular formula is C22H31N3O3. The van der Waals surface area contributed by atoms with E-state index in [2.05, 4.69) is 15.2 Å². The molecular weight excluding hydrogens is 354 g/mol. The number of ether oxygens (including phenoxy) is 1. The van der Waals surface area contributed by atoms with Crippen molar-refractivity contribution in [2.45, 2.75) is 81.9 Å². The van der Waals surface area contributed by atoms with Crippen molar-refractivity contribution < 1.29 is 13.9 Å². The predicted molar refractivity (Wildman–Crippen MR) is 103 cm³/mol. The first kappa shape index (κ1) is 17.5. The van der Waals surface area contributed by atoms with Crippen LogP contribution in [-0.2, 0) is 16.1 Å². The summed E-state index contributed by atoms with van der Waals surface area (Å²) in [6.45, 7) is 3.19. The fourth-order valence-electron chi connectivity index (χ4n) is 5.37. The molecule has 1 N–H and O–H groups in total. The molecule has 4 saturated carbocycles. The molecule has 2 unspecified atom stereocenters. The molecule has 0 aromatic carbocycles. The van der Waals surface area contributed by atoms with Gasteiger partial charge in [-0.3, -0.25) is 9.69 Å². The SMILES string of the molecule is O=C(CC1CN(Cc2cnc(C3CC3)o2)C2(CCC2)CO1)NCC1CC12CC2. The van der Waals surface area contributed by atoms with Crippen LogP contribution in [-0.4, -0.2) is 47.1 Å². The van der Waals surface area contributed by atoms with Crippen molar-refractivity contribution in [3.05, 3.63) is 17.8 Å². The minimum atomic E-state index is -0.0221. The van der Waals surface area contributed by atoms with E-state index in [1.54, 1.807) is 0 Å². The lowest BCUT2D eigenvalue weighted by molar-refractivity contribution is -0.155. The van der Waals surface area contributed by atoms with E-state index in [0.717, 1.165) is 43.8 Å². The first-order valence-electron chi connectivity index (χ1n) is 11.2. The van der Waals surface area contributed by atoms with E-state index in [-0.39, 0.29) is 17.6 Å². The van der Waals surface area contributed by atoms with E-state index in [9.17, 15) is 4.79 Å². The number of aromatic nitrogens is 1. The lowest BCUT2D eigenvalue weighted by Gasteiger charge is -2.54. The summed E-state index contributed by atoms with van der Waals surface area (Å²) >= 11 is 0. The van der Waals surface area contributed by atoms with Crippen molar-refractivity contribution in [3.63, 3.8) is 0 Å². The Morgan fingerprint density at radius 1 is 1.29 bits per heavy atom. The van der Waals surface area contributed by atoms with Crippen molar-refractivity contribution in [3.8, 4) is 0 Å². The van der Waals surface area contributed by atoms with Crippen LogP contribution in [0.4, 0.5) is 0 Å². The second-order valence-corrected chi connectivity index (χ2v) is 10.1. The van der Waals surface area contributed by atoms with Crippen molar-refractivity contribution in [2.75, 3.05) is 19.7 Å². The molecule has 1 aromatic heterocycles. The number of morpholine rings is 1. The van der Waals surface area contributed by atoms with Gasteiger partial charge in [-0.15, -0.1) is 0 Å². The standard InChI is InChI=1S/C22H31N3O3/c26-19(23-10-16-9-21(16)6-7-21)8-17-12-25(22(14-27-17)4-1-5-22)13-18-11-24-20(28-18)15-2-3-15/h11,15-17H,1-10,12-14H2,(H,23,26). The van der Waals surface area contributed by atoms with E-state index in [4.69, 9.17) is 9.15 Å². The summed E-state index contributed by atoms with van der Waals surface area (Å²) in [4.78, 5) is 19.4. The number of rotatable bonds is 7. The van der Waals surface area contributed by atoms with Crippen LogP contribution in [0.15, 0.2) is 10.6 Å². The maximum atomic E-state index is 12.4. The van der Waals surface area contributed by atoms with Gasteiger partial charge in [-0.1, -0.05) is 0 Å². The molecule has 5 fully saturated rings. The van der Waals surface area contributed by atoms with Gasteiger partial charge in [0.15, 0.2) is 5.89 Å². The van der Waals surface area contributed by atoms with Crippen LogP contribution in [0.25, 0.3) is 0 Å². The van der Waals surface area contributed by atoms with E-state index < -0.39 is 0 Å². The van der Waals surface area contributed by atoms with Crippen molar-refractivity contribution >= 4 is 5.91 Å². The zero-order chi connectivity index (χ0) is 18.8. The van der Waals surface area contributed by atoms with Gasteiger partial charge < -0.3 is 14.5 Å². The fourth-order valence-corrected chi connectivity index (χ4v) is 5.37. The maximum absolute atomic E-state index is 12.4. The molecule has 2 spiro atoms. The molecule has 0 bridgehead atoms. The summed E-state index contributed by atoms with van der Waals surface area (Å²) in [5.41, 5.74) is 0.796. The van der Waals surface area contributed by atoms with Gasteiger partial charge in [0, 0.05) is 24.5 Å². The van der Waals surface area contributed by atoms with Gasteiger partial charge in [0.05, 0.1) is 31.9 Å². The smallest absolute Gasteiger partial charge is 0.222 e. The molecule has 2 heterocycles. The van der Waals surface area contributed by atoms with Crippen molar-refractivity contribution in [1.29, 1.82) is 0 Å². The number of nitrogens with zero attached hydrogens (tertiary/aromatic N) is 2. The molecule has 5 aliphatic rings. The molecule has 6 heteroatoms. The first-order valence-corrected chi connectivity index (χ1v) is 11.2. The third kappa shape index (κ3) is 3.18. The van der Waals surface area contributed by atoms with Crippen LogP contribution in [0.3, 0.4) is 0 Å². The Bertz CT molecular complexity index is 763. The van der Waals surface area contributed by atoms with Gasteiger partial charge in [-0.2, -0.15) is 0 Å². The number of carbonyl (C=O) groups excluding carboxylic acids is 1. The minimum Gasteiger partial charge on any atom is -0.444 e. The highest BCUT2D eigenvalue weighted by Gasteiger charge is 2.62. The van der Waals surface area contributed by atoms with E-state index in [1.807, 2.05) is 6.20 Å². The van der Waals surface area contributed by atoms with Gasteiger partial charge in [-0.25, -0.2) is 4.98 Å². The molecule has 4 aliphatic carbocycles. The van der Waals surface area contributed by atoms with Crippen LogP contribution < -0.4 is 5.32 Å². The molecule has 6 nitrogen and oxygen atoms in total. The monoisotopic (exact) mass is 385 g/mol. The topological polar surface area (TPSA) is 67.6 Å². The zero-order valence-corrected chi connectivity index (χ0v) is 16.6. The van der Waals surface area contributed by atoms with E-state index in [1.165, 1.54) is 51.4 Å². The highest BCUT2D eigenvalue weighted by atomic mass is 16.5. The second kappa shape index (κ2) is 6.30. The summed E-state index contributed by atoms with van der Waals surface area (Å²) in [6.07, 6.45) is 12.5. The summed E-state index contributed by atoms with van der Waals surface area (Å²) < 4.78 is 12.2. The summed E-state index contributed by atoms with van der Waals surface area (Å²) in [5.74, 6) is 3.31. The number of amides is 1. The average Bonchev–Trinajstić information content (AvgIpc) is 3.58. The molecule has 6 rings (SSSR count). The number of hydrogen-bond acceptors (Lipinski definition) is 5. The van der Waals surface area contributed by atoms with Crippen LogP contribution in [0, 0.1) is 11.3 Å². The second-order valence-electron chi connectivity index (χ2n) is 10.1. The van der Waals surface area contributed by atoms with Crippen molar-refractivity contribution in [2.24, 2.45) is 11.3 Å². The summed E-state index contributed by atoms with van der Waals surface area (Å²) in [5, 5.41) is 3.16. The Hall–Kier alpha value is -1.40. The maximum Gasteiger partial charge on any atom is 0.222 e. The Kier molecular flexibility index (Phi) is 3.93. The van der Waals surface area contributed by atoms with Gasteiger partial charge >= 0.3 is 0 Å². The molecule has 28 heavy (non-hydrogen) atoms. The first-order chi connectivity index (χ1) is 13.6. The molecule has 1 saturated heterocycles. The Balaban J connectivity index is 1.05. The van der Waals surface area contributed by atoms with Crippen LogP contribution in [0.2, 0.25) is 0 Å². The third-order valence-electron chi connectivity index (χ3n) is 8.02. The van der Waals surface area contributed by atoms with Gasteiger partial charge in [0.1, 0.15) is 5.76 Å². The van der Waals surface area contributed by atoms with Gasteiger partial charge in [0.25, 0.3) is 0 Å². The van der Waals surface area contributed by atoms with Crippen LogP contribution >= 0.6 is 0 Å². The molecule has 2 atom stereocenters. The lowest BCUT2D eigenvalue weighted by atomic mass is 9.74.